The summed E-state index contributed by atoms with van der Waals surface area (Å²) < 4.78 is 0. The molecule has 0 amide bonds. The number of unbranched alkanes of at least 4 members (excludes halogenated alkanes) is 1. The van der Waals surface area contributed by atoms with Gasteiger partial charge < -0.3 is 10.2 Å². The van der Waals surface area contributed by atoms with Crippen LogP contribution < -0.4 is 0 Å². The first kappa shape index (κ1) is 27.2. The van der Waals surface area contributed by atoms with E-state index in [1.165, 1.54) is 5.56 Å². The van der Waals surface area contributed by atoms with E-state index in [-0.39, 0.29) is 98.1 Å². The Morgan fingerprint density at radius 2 is 1.52 bits per heavy atom. The second-order valence-corrected chi connectivity index (χ2v) is 5.48. The van der Waals surface area contributed by atoms with Crippen molar-refractivity contribution in [1.82, 2.24) is 0 Å². The fraction of sp³-hybridized carbons (Fsp3) is 0.444. The molecule has 1 aliphatic rings. The van der Waals surface area contributed by atoms with Crippen molar-refractivity contribution < 1.29 is 108 Å². The average molecular weight is 539 g/mol. The third-order valence-electron chi connectivity index (χ3n) is 3.82. The molecule has 1 aromatic carbocycles. The summed E-state index contributed by atoms with van der Waals surface area (Å²) in [6.07, 6.45) is 7.25. The summed E-state index contributed by atoms with van der Waals surface area (Å²) in [6, 6.07) is 10.3. The number of aliphatic hydroxyl groups is 2. The van der Waals surface area contributed by atoms with Crippen LogP contribution in [-0.2, 0) is 105 Å². The van der Waals surface area contributed by atoms with Crippen LogP contribution in [0.1, 0.15) is 38.2 Å². The van der Waals surface area contributed by atoms with Gasteiger partial charge in [0.1, 0.15) is 0 Å². The van der Waals surface area contributed by atoms with Crippen LogP contribution in [0.3, 0.4) is 0 Å². The largest absolute Gasteiger partial charge is 0.388 e. The molecule has 2 nitrogen and oxygen atoms in total. The van der Waals surface area contributed by atoms with Crippen LogP contribution in [0.5, 0.6) is 0 Å². The van der Waals surface area contributed by atoms with Crippen molar-refractivity contribution in [3.8, 4) is 0 Å². The van der Waals surface area contributed by atoms with E-state index in [1.54, 1.807) is 0 Å². The van der Waals surface area contributed by atoms with Crippen LogP contribution >= 0.6 is 0 Å². The minimum atomic E-state index is -0.521. The first-order valence-corrected chi connectivity index (χ1v) is 7.48. The van der Waals surface area contributed by atoms with E-state index in [0.717, 1.165) is 30.4 Å². The number of allylic oxidation sites excluding steroid dienone is 2. The van der Waals surface area contributed by atoms with Gasteiger partial charge in [-0.3, -0.25) is 0 Å². The molecule has 0 aliphatic heterocycles. The molecule has 2 rings (SSSR count). The molecule has 0 aromatic heterocycles. The molecule has 0 bridgehead atoms. The second-order valence-electron chi connectivity index (χ2n) is 5.48. The van der Waals surface area contributed by atoms with Gasteiger partial charge in [0.2, 0.25) is 0 Å². The maximum Gasteiger partial charge on any atom is 0.0812 e. The maximum absolute atomic E-state index is 10.2. The Morgan fingerprint density at radius 3 is 2.04 bits per heavy atom. The van der Waals surface area contributed by atoms with Crippen LogP contribution in [0.4, 0.5) is 0 Å². The predicted molar refractivity (Wildman–Crippen MR) is 82.5 cm³/mol. The summed E-state index contributed by atoms with van der Waals surface area (Å²) in [6.45, 7) is 2.10. The van der Waals surface area contributed by atoms with Gasteiger partial charge in [0.25, 0.3) is 0 Å². The third-order valence-corrected chi connectivity index (χ3v) is 3.82. The Hall–Kier alpha value is 1.93. The Bertz CT molecular complexity index is 470. The van der Waals surface area contributed by atoms with E-state index in [1.807, 2.05) is 24.3 Å². The van der Waals surface area contributed by atoms with Gasteiger partial charge in [-0.1, -0.05) is 61.4 Å². The standard InChI is InChI=1S/C18H24O2.3Y/c1-2-3-9-16-17(19)12-15(13-18(16)20)11-10-14-7-5-4-6-8-14;;;/h4-9,11,17-20H,2-3,10,12-13H2,1H3;;;/t17-,18-;;;/m1.../s1. The number of aliphatic hydroxyl groups excluding tert-OH is 2. The summed E-state index contributed by atoms with van der Waals surface area (Å²) in [5.41, 5.74) is 3.22. The molecule has 0 saturated heterocycles. The zero-order valence-corrected chi connectivity index (χ0v) is 22.4. The van der Waals surface area contributed by atoms with Crippen molar-refractivity contribution in [3.63, 3.8) is 0 Å². The van der Waals surface area contributed by atoms with Crippen LogP contribution in [0, 0.1) is 0 Å². The van der Waals surface area contributed by atoms with Gasteiger partial charge in [-0.25, -0.2) is 0 Å². The molecule has 0 spiro atoms. The molecule has 5 heteroatoms. The van der Waals surface area contributed by atoms with Crippen molar-refractivity contribution in [2.24, 2.45) is 0 Å². The Morgan fingerprint density at radius 1 is 0.957 bits per heavy atom. The van der Waals surface area contributed by atoms with E-state index < -0.39 is 12.2 Å². The van der Waals surface area contributed by atoms with Gasteiger partial charge in [-0.05, 0) is 36.8 Å². The topological polar surface area (TPSA) is 40.5 Å². The molecule has 1 fully saturated rings. The first-order chi connectivity index (χ1) is 9.70. The number of hydrogen-bond donors (Lipinski definition) is 2. The molecule has 0 heterocycles. The summed E-state index contributed by atoms with van der Waals surface area (Å²) in [4.78, 5) is 0. The molecular weight excluding hydrogens is 515 g/mol. The number of rotatable bonds is 4. The Labute approximate surface area is 215 Å². The van der Waals surface area contributed by atoms with Crippen LogP contribution in [0.15, 0.2) is 53.6 Å². The van der Waals surface area contributed by atoms with Gasteiger partial charge >= 0.3 is 0 Å². The second kappa shape index (κ2) is 15.0. The molecular formula is C18H24O2Y3. The minimum absolute atomic E-state index is 0. The summed E-state index contributed by atoms with van der Waals surface area (Å²) in [7, 11) is 0. The van der Waals surface area contributed by atoms with Gasteiger partial charge in [0.05, 0.1) is 12.2 Å². The molecule has 1 aromatic rings. The van der Waals surface area contributed by atoms with Crippen LogP contribution in [0.25, 0.3) is 0 Å². The Kier molecular flexibility index (Phi) is 17.7. The van der Waals surface area contributed by atoms with Gasteiger partial charge in [-0.15, -0.1) is 0 Å². The molecule has 2 N–H and O–H groups in total. The minimum Gasteiger partial charge on any atom is -0.388 e. The molecule has 23 heavy (non-hydrogen) atoms. The summed E-state index contributed by atoms with van der Waals surface area (Å²) in [5.74, 6) is 0. The van der Waals surface area contributed by atoms with E-state index in [9.17, 15) is 10.2 Å². The number of benzene rings is 1. The summed E-state index contributed by atoms with van der Waals surface area (Å²) >= 11 is 0. The first-order valence-electron chi connectivity index (χ1n) is 7.48. The van der Waals surface area contributed by atoms with E-state index >= 15 is 0 Å². The normalized spacial score (nSPS) is 19.8. The SMILES string of the molecule is CCCC=C1[C@H](O)CC(=CCc2ccccc2)C[C@H]1O.[Y].[Y].[Y]. The Balaban J connectivity index is 0. The van der Waals surface area contributed by atoms with E-state index in [0.29, 0.717) is 12.8 Å². The van der Waals surface area contributed by atoms with Gasteiger partial charge in [-0.2, -0.15) is 0 Å². The van der Waals surface area contributed by atoms with Crippen molar-refractivity contribution >= 4 is 0 Å². The van der Waals surface area contributed by atoms with Gasteiger partial charge in [0, 0.05) is 98.1 Å². The van der Waals surface area contributed by atoms with Gasteiger partial charge in [0.15, 0.2) is 0 Å². The molecule has 1 aliphatic carbocycles. The quantitative estimate of drug-likeness (QED) is 0.577. The van der Waals surface area contributed by atoms with E-state index in [2.05, 4.69) is 25.1 Å². The monoisotopic (exact) mass is 539 g/mol. The maximum atomic E-state index is 10.2. The molecule has 117 valence electrons. The smallest absolute Gasteiger partial charge is 0.0812 e. The van der Waals surface area contributed by atoms with Crippen molar-refractivity contribution in [2.45, 2.75) is 51.2 Å². The number of hydrogen-bond acceptors (Lipinski definition) is 2. The van der Waals surface area contributed by atoms with Crippen molar-refractivity contribution in [3.05, 3.63) is 59.2 Å². The van der Waals surface area contributed by atoms with Crippen LogP contribution in [-0.4, -0.2) is 22.4 Å². The summed E-state index contributed by atoms with van der Waals surface area (Å²) in [5, 5.41) is 20.3. The molecule has 0 unspecified atom stereocenters. The fourth-order valence-corrected chi connectivity index (χ4v) is 2.66. The van der Waals surface area contributed by atoms with Crippen molar-refractivity contribution in [1.29, 1.82) is 0 Å². The molecule has 2 atom stereocenters. The fourth-order valence-electron chi connectivity index (χ4n) is 2.66. The predicted octanol–water partition coefficient (Wildman–Crippen LogP) is 3.39. The van der Waals surface area contributed by atoms with Crippen LogP contribution in [0.2, 0.25) is 0 Å². The zero-order valence-electron chi connectivity index (χ0n) is 13.9. The average Bonchev–Trinajstić information content (AvgIpc) is 2.45. The van der Waals surface area contributed by atoms with E-state index in [4.69, 9.17) is 0 Å². The molecule has 3 radical (unpaired) electrons. The zero-order chi connectivity index (χ0) is 14.4. The third kappa shape index (κ3) is 9.43. The molecule has 1 saturated carbocycles. The van der Waals surface area contributed by atoms with Crippen molar-refractivity contribution in [2.75, 3.05) is 0 Å².